The van der Waals surface area contributed by atoms with Gasteiger partial charge in [-0.25, -0.2) is 0 Å². The van der Waals surface area contributed by atoms with Crippen molar-refractivity contribution in [2.75, 3.05) is 0 Å². The quantitative estimate of drug-likeness (QED) is 0.482. The molecule has 0 amide bonds. The van der Waals surface area contributed by atoms with E-state index in [1.807, 2.05) is 0 Å². The van der Waals surface area contributed by atoms with Crippen LogP contribution in [-0.2, 0) is 0 Å². The van der Waals surface area contributed by atoms with E-state index in [-0.39, 0.29) is 10.7 Å². The number of aldehydes is 1. The lowest BCUT2D eigenvalue weighted by molar-refractivity contribution is -0.385. The molecule has 102 valence electrons. The summed E-state index contributed by atoms with van der Waals surface area (Å²) in [6.07, 6.45) is 0.644. The fourth-order valence-electron chi connectivity index (χ4n) is 1.71. The molecule has 0 aliphatic heterocycles. The molecular formula is C14H10ClNO4. The van der Waals surface area contributed by atoms with Gasteiger partial charge in [0.15, 0.2) is 6.29 Å². The zero-order chi connectivity index (χ0) is 14.7. The van der Waals surface area contributed by atoms with E-state index in [2.05, 4.69) is 0 Å². The molecule has 20 heavy (non-hydrogen) atoms. The number of halogens is 1. The van der Waals surface area contributed by atoms with E-state index in [0.717, 1.165) is 0 Å². The van der Waals surface area contributed by atoms with Crippen molar-refractivity contribution < 1.29 is 14.5 Å². The predicted octanol–water partition coefficient (Wildman–Crippen LogP) is 4.16. The topological polar surface area (TPSA) is 69.4 Å². The normalized spacial score (nSPS) is 10.1. The number of hydrogen-bond acceptors (Lipinski definition) is 4. The largest absolute Gasteiger partial charge is 0.457 e. The Balaban J connectivity index is 2.35. The molecule has 0 aromatic heterocycles. The average Bonchev–Trinajstić information content (AvgIpc) is 2.41. The number of rotatable bonds is 4. The zero-order valence-corrected chi connectivity index (χ0v) is 11.3. The molecule has 0 saturated heterocycles. The molecule has 0 N–H and O–H groups in total. The van der Waals surface area contributed by atoms with Gasteiger partial charge < -0.3 is 4.74 Å². The van der Waals surface area contributed by atoms with Crippen molar-refractivity contribution in [3.05, 3.63) is 62.7 Å². The first-order chi connectivity index (χ1) is 9.52. The van der Waals surface area contributed by atoms with E-state index in [0.29, 0.717) is 28.9 Å². The van der Waals surface area contributed by atoms with Gasteiger partial charge in [0.1, 0.15) is 11.5 Å². The first-order valence-corrected chi connectivity index (χ1v) is 6.07. The van der Waals surface area contributed by atoms with Crippen LogP contribution in [0.25, 0.3) is 0 Å². The molecule has 2 rings (SSSR count). The lowest BCUT2D eigenvalue weighted by Crippen LogP contribution is -1.95. The molecule has 5 nitrogen and oxygen atoms in total. The highest BCUT2D eigenvalue weighted by molar-refractivity contribution is 6.33. The number of benzene rings is 2. The highest BCUT2D eigenvalue weighted by Crippen LogP contribution is 2.32. The van der Waals surface area contributed by atoms with E-state index in [1.54, 1.807) is 25.1 Å². The fraction of sp³-hybridized carbons (Fsp3) is 0.0714. The number of carbonyl (C=O) groups is 1. The van der Waals surface area contributed by atoms with E-state index < -0.39 is 4.92 Å². The van der Waals surface area contributed by atoms with Crippen molar-refractivity contribution in [1.29, 1.82) is 0 Å². The minimum Gasteiger partial charge on any atom is -0.457 e. The van der Waals surface area contributed by atoms with Crippen LogP contribution in [0.4, 0.5) is 5.69 Å². The first-order valence-electron chi connectivity index (χ1n) is 5.69. The van der Waals surface area contributed by atoms with E-state index >= 15 is 0 Å². The summed E-state index contributed by atoms with van der Waals surface area (Å²) in [6.45, 7) is 1.61. The lowest BCUT2D eigenvalue weighted by atomic mass is 10.2. The third-order valence-electron chi connectivity index (χ3n) is 2.78. The molecule has 0 heterocycles. The molecule has 0 aliphatic carbocycles. The highest BCUT2D eigenvalue weighted by Gasteiger charge is 2.14. The van der Waals surface area contributed by atoms with Crippen LogP contribution in [-0.4, -0.2) is 11.2 Å². The molecule has 2 aromatic carbocycles. The van der Waals surface area contributed by atoms with Gasteiger partial charge in [-0.3, -0.25) is 14.9 Å². The van der Waals surface area contributed by atoms with Gasteiger partial charge in [0, 0.05) is 17.7 Å². The molecule has 6 heteroatoms. The standard InChI is InChI=1S/C14H10ClNO4/c1-9-13(16(18)19)3-2-4-14(9)20-11-6-5-10(8-17)12(15)7-11/h2-8H,1H3. The summed E-state index contributed by atoms with van der Waals surface area (Å²) in [5.41, 5.74) is 0.765. The number of nitro benzene ring substituents is 1. The van der Waals surface area contributed by atoms with E-state index in [9.17, 15) is 14.9 Å². The number of nitrogens with zero attached hydrogens (tertiary/aromatic N) is 1. The van der Waals surface area contributed by atoms with Crippen LogP contribution in [0.2, 0.25) is 5.02 Å². The molecule has 0 fully saturated rings. The molecule has 0 unspecified atom stereocenters. The maximum atomic E-state index is 10.9. The Morgan fingerprint density at radius 1 is 1.30 bits per heavy atom. The SMILES string of the molecule is Cc1c(Oc2ccc(C=O)c(Cl)c2)cccc1[N+](=O)[O-]. The lowest BCUT2D eigenvalue weighted by Gasteiger charge is -2.09. The first kappa shape index (κ1) is 14.0. The Morgan fingerprint density at radius 2 is 2.05 bits per heavy atom. The van der Waals surface area contributed by atoms with Crippen LogP contribution >= 0.6 is 11.6 Å². The Hall–Kier alpha value is -2.40. The van der Waals surface area contributed by atoms with Crippen molar-refractivity contribution >= 4 is 23.6 Å². The second kappa shape index (κ2) is 5.71. The number of carbonyl (C=O) groups excluding carboxylic acids is 1. The van der Waals surface area contributed by atoms with Gasteiger partial charge in [0.25, 0.3) is 5.69 Å². The van der Waals surface area contributed by atoms with Gasteiger partial charge in [-0.05, 0) is 25.1 Å². The predicted molar refractivity (Wildman–Crippen MR) is 74.7 cm³/mol. The smallest absolute Gasteiger partial charge is 0.276 e. The Morgan fingerprint density at radius 3 is 2.65 bits per heavy atom. The van der Waals surface area contributed by atoms with Crippen LogP contribution < -0.4 is 4.74 Å². The van der Waals surface area contributed by atoms with Gasteiger partial charge in [0.2, 0.25) is 0 Å². The van der Waals surface area contributed by atoms with Gasteiger partial charge in [-0.1, -0.05) is 17.7 Å². The molecule has 0 aliphatic rings. The van der Waals surface area contributed by atoms with Gasteiger partial charge in [-0.15, -0.1) is 0 Å². The van der Waals surface area contributed by atoms with Crippen LogP contribution in [0.5, 0.6) is 11.5 Å². The third kappa shape index (κ3) is 2.78. The summed E-state index contributed by atoms with van der Waals surface area (Å²) in [7, 11) is 0. The van der Waals surface area contributed by atoms with Crippen LogP contribution in [0.3, 0.4) is 0 Å². The van der Waals surface area contributed by atoms with Gasteiger partial charge in [0.05, 0.1) is 15.5 Å². The Labute approximate surface area is 119 Å². The van der Waals surface area contributed by atoms with Crippen LogP contribution in [0.15, 0.2) is 36.4 Å². The van der Waals surface area contributed by atoms with Crippen molar-refractivity contribution in [3.8, 4) is 11.5 Å². The summed E-state index contributed by atoms with van der Waals surface area (Å²) < 4.78 is 5.58. The summed E-state index contributed by atoms with van der Waals surface area (Å²) in [5.74, 6) is 0.776. The van der Waals surface area contributed by atoms with Crippen LogP contribution in [0.1, 0.15) is 15.9 Å². The summed E-state index contributed by atoms with van der Waals surface area (Å²) in [6, 6.07) is 9.17. The highest BCUT2D eigenvalue weighted by atomic mass is 35.5. The van der Waals surface area contributed by atoms with Crippen molar-refractivity contribution in [2.45, 2.75) is 6.92 Å². The number of ether oxygens (including phenoxy) is 1. The van der Waals surface area contributed by atoms with E-state index in [1.165, 1.54) is 18.2 Å². The number of hydrogen-bond donors (Lipinski definition) is 0. The second-order valence-electron chi connectivity index (χ2n) is 4.06. The Bertz CT molecular complexity index is 685. The molecule has 0 radical (unpaired) electrons. The monoisotopic (exact) mass is 291 g/mol. The second-order valence-corrected chi connectivity index (χ2v) is 4.47. The molecular weight excluding hydrogens is 282 g/mol. The maximum Gasteiger partial charge on any atom is 0.276 e. The molecule has 0 bridgehead atoms. The number of nitro groups is 1. The third-order valence-corrected chi connectivity index (χ3v) is 3.11. The summed E-state index contributed by atoms with van der Waals surface area (Å²) in [5, 5.41) is 11.1. The Kier molecular flexibility index (Phi) is 4.00. The van der Waals surface area contributed by atoms with Gasteiger partial charge >= 0.3 is 0 Å². The maximum absolute atomic E-state index is 10.9. The summed E-state index contributed by atoms with van der Waals surface area (Å²) in [4.78, 5) is 21.1. The van der Waals surface area contributed by atoms with Crippen molar-refractivity contribution in [1.82, 2.24) is 0 Å². The summed E-state index contributed by atoms with van der Waals surface area (Å²) >= 11 is 5.90. The minimum atomic E-state index is -0.468. The minimum absolute atomic E-state index is 0.0156. The molecule has 0 spiro atoms. The molecule has 0 saturated carbocycles. The molecule has 2 aromatic rings. The average molecular weight is 292 g/mol. The fourth-order valence-corrected chi connectivity index (χ4v) is 1.92. The zero-order valence-electron chi connectivity index (χ0n) is 10.5. The van der Waals surface area contributed by atoms with E-state index in [4.69, 9.17) is 16.3 Å². The van der Waals surface area contributed by atoms with Crippen molar-refractivity contribution in [3.63, 3.8) is 0 Å². The molecule has 0 atom stereocenters. The van der Waals surface area contributed by atoms with Crippen molar-refractivity contribution in [2.24, 2.45) is 0 Å². The van der Waals surface area contributed by atoms with Gasteiger partial charge in [-0.2, -0.15) is 0 Å². The van der Waals surface area contributed by atoms with Crippen LogP contribution in [0, 0.1) is 17.0 Å².